The van der Waals surface area contributed by atoms with E-state index in [1.54, 1.807) is 30.1 Å². The molecule has 0 fully saturated rings. The molecule has 1 atom stereocenters. The number of nitrogens with one attached hydrogen (secondary N) is 1. The molecule has 1 N–H and O–H groups in total. The van der Waals surface area contributed by atoms with Crippen molar-refractivity contribution in [2.75, 3.05) is 0 Å². The number of nitrogens with zero attached hydrogens (tertiary/aromatic N) is 3. The van der Waals surface area contributed by atoms with Gasteiger partial charge < -0.3 is 5.32 Å². The third kappa shape index (κ3) is 3.91. The van der Waals surface area contributed by atoms with Gasteiger partial charge in [-0.25, -0.2) is 9.97 Å². The van der Waals surface area contributed by atoms with Crippen LogP contribution in [0, 0.1) is 0 Å². The second kappa shape index (κ2) is 7.72. The Labute approximate surface area is 148 Å². The number of thiophene rings is 1. The van der Waals surface area contributed by atoms with Crippen LogP contribution in [0.4, 0.5) is 0 Å². The topological polar surface area (TPSA) is 67.8 Å². The molecule has 5 nitrogen and oxygen atoms in total. The summed E-state index contributed by atoms with van der Waals surface area (Å²) in [6.07, 6.45) is 5.99. The second-order valence-electron chi connectivity index (χ2n) is 5.30. The maximum Gasteiger partial charge on any atom is 0.233 e. The summed E-state index contributed by atoms with van der Waals surface area (Å²) < 4.78 is 0. The first-order valence-corrected chi connectivity index (χ1v) is 9.43. The van der Waals surface area contributed by atoms with Crippen LogP contribution in [-0.4, -0.2) is 26.1 Å². The highest BCUT2D eigenvalue weighted by atomic mass is 32.2. The van der Waals surface area contributed by atoms with Crippen LogP contribution in [0.2, 0.25) is 0 Å². The summed E-state index contributed by atoms with van der Waals surface area (Å²) in [7, 11) is 0. The molecule has 3 aromatic heterocycles. The van der Waals surface area contributed by atoms with Gasteiger partial charge in [-0.05, 0) is 37.1 Å². The minimum absolute atomic E-state index is 0.00507. The standard InChI is InChI=1S/C17H18N4OS2/c1-3-13-8-14-16(20-10-21-17(14)24-13)23-11(2)15(22)19-9-12-4-6-18-7-5-12/h4-8,10-11H,3,9H2,1-2H3,(H,19,22). The summed E-state index contributed by atoms with van der Waals surface area (Å²) in [5, 5.41) is 4.63. The Balaban J connectivity index is 1.66. The van der Waals surface area contributed by atoms with E-state index in [0.29, 0.717) is 6.54 Å². The molecule has 0 aliphatic rings. The number of aromatic nitrogens is 3. The molecule has 1 amide bonds. The molecule has 3 rings (SSSR count). The van der Waals surface area contributed by atoms with Crippen molar-refractivity contribution >= 4 is 39.2 Å². The average molecular weight is 358 g/mol. The quantitative estimate of drug-likeness (QED) is 0.540. The highest BCUT2D eigenvalue weighted by molar-refractivity contribution is 8.00. The Kier molecular flexibility index (Phi) is 5.42. The van der Waals surface area contributed by atoms with E-state index in [1.807, 2.05) is 19.1 Å². The van der Waals surface area contributed by atoms with Gasteiger partial charge in [0.15, 0.2) is 0 Å². The zero-order chi connectivity index (χ0) is 16.9. The highest BCUT2D eigenvalue weighted by Gasteiger charge is 2.17. The van der Waals surface area contributed by atoms with Gasteiger partial charge in [0.05, 0.1) is 5.25 Å². The van der Waals surface area contributed by atoms with Crippen LogP contribution in [-0.2, 0) is 17.8 Å². The van der Waals surface area contributed by atoms with Crippen LogP contribution in [0.5, 0.6) is 0 Å². The molecule has 0 saturated heterocycles. The van der Waals surface area contributed by atoms with Crippen LogP contribution in [0.25, 0.3) is 10.2 Å². The molecule has 7 heteroatoms. The largest absolute Gasteiger partial charge is 0.351 e. The van der Waals surface area contributed by atoms with Crippen LogP contribution < -0.4 is 5.32 Å². The lowest BCUT2D eigenvalue weighted by atomic mass is 10.2. The first kappa shape index (κ1) is 16.9. The lowest BCUT2D eigenvalue weighted by Gasteiger charge is -2.11. The van der Waals surface area contributed by atoms with Gasteiger partial charge in [-0.15, -0.1) is 11.3 Å². The summed E-state index contributed by atoms with van der Waals surface area (Å²) in [6, 6.07) is 5.91. The van der Waals surface area contributed by atoms with Crippen LogP contribution in [0.1, 0.15) is 24.3 Å². The Bertz CT molecular complexity index is 835. The number of fused-ring (bicyclic) bond motifs is 1. The summed E-state index contributed by atoms with van der Waals surface area (Å²) in [5.41, 5.74) is 1.03. The van der Waals surface area contributed by atoms with E-state index in [0.717, 1.165) is 27.2 Å². The number of pyridine rings is 1. The third-order valence-electron chi connectivity index (χ3n) is 3.57. The van der Waals surface area contributed by atoms with Crippen molar-refractivity contribution in [3.05, 3.63) is 47.4 Å². The predicted molar refractivity (Wildman–Crippen MR) is 98.2 cm³/mol. The number of carbonyl (C=O) groups is 1. The number of aryl methyl sites for hydroxylation is 1. The fourth-order valence-corrected chi connectivity index (χ4v) is 4.12. The maximum atomic E-state index is 12.3. The van der Waals surface area contributed by atoms with E-state index in [-0.39, 0.29) is 11.2 Å². The molecule has 0 bridgehead atoms. The molecule has 0 aromatic carbocycles. The minimum Gasteiger partial charge on any atom is -0.351 e. The highest BCUT2D eigenvalue weighted by Crippen LogP contribution is 2.32. The van der Waals surface area contributed by atoms with Crippen molar-refractivity contribution in [3.8, 4) is 0 Å². The molecule has 124 valence electrons. The van der Waals surface area contributed by atoms with Crippen LogP contribution >= 0.6 is 23.1 Å². The number of amides is 1. The minimum atomic E-state index is -0.227. The van der Waals surface area contributed by atoms with Crippen LogP contribution in [0.3, 0.4) is 0 Å². The maximum absolute atomic E-state index is 12.3. The van der Waals surface area contributed by atoms with Crippen molar-refractivity contribution in [1.29, 1.82) is 0 Å². The van der Waals surface area contributed by atoms with Gasteiger partial charge in [-0.2, -0.15) is 0 Å². The number of thioether (sulfide) groups is 1. The van der Waals surface area contributed by atoms with E-state index < -0.39 is 0 Å². The Morgan fingerprint density at radius 1 is 1.33 bits per heavy atom. The molecule has 1 unspecified atom stereocenters. The number of carbonyl (C=O) groups excluding carboxylic acids is 1. The lowest BCUT2D eigenvalue weighted by molar-refractivity contribution is -0.120. The molecule has 0 aliphatic heterocycles. The van der Waals surface area contributed by atoms with E-state index in [9.17, 15) is 4.79 Å². The molecule has 3 aromatic rings. The van der Waals surface area contributed by atoms with Gasteiger partial charge >= 0.3 is 0 Å². The first-order valence-electron chi connectivity index (χ1n) is 7.74. The molecular weight excluding hydrogens is 340 g/mol. The van der Waals surface area contributed by atoms with Gasteiger partial charge in [-0.1, -0.05) is 18.7 Å². The molecular formula is C17H18N4OS2. The van der Waals surface area contributed by atoms with Crippen LogP contribution in [0.15, 0.2) is 41.9 Å². The Morgan fingerprint density at radius 2 is 2.12 bits per heavy atom. The van der Waals surface area contributed by atoms with Crippen molar-refractivity contribution in [3.63, 3.8) is 0 Å². The molecule has 0 radical (unpaired) electrons. The lowest BCUT2D eigenvalue weighted by Crippen LogP contribution is -2.30. The fourth-order valence-electron chi connectivity index (χ4n) is 2.21. The van der Waals surface area contributed by atoms with Crippen molar-refractivity contribution in [2.45, 2.75) is 37.1 Å². The predicted octanol–water partition coefficient (Wildman–Crippen LogP) is 3.45. The normalized spacial score (nSPS) is 12.2. The third-order valence-corrected chi connectivity index (χ3v) is 5.87. The van der Waals surface area contributed by atoms with E-state index in [4.69, 9.17) is 0 Å². The molecule has 0 spiro atoms. The van der Waals surface area contributed by atoms with Gasteiger partial charge in [0, 0.05) is 29.2 Å². The zero-order valence-corrected chi connectivity index (χ0v) is 15.2. The van der Waals surface area contributed by atoms with Crippen molar-refractivity contribution in [2.24, 2.45) is 0 Å². The number of hydrogen-bond acceptors (Lipinski definition) is 6. The number of hydrogen-bond donors (Lipinski definition) is 1. The zero-order valence-electron chi connectivity index (χ0n) is 13.5. The van der Waals surface area contributed by atoms with Crippen molar-refractivity contribution in [1.82, 2.24) is 20.3 Å². The van der Waals surface area contributed by atoms with Gasteiger partial charge in [0.2, 0.25) is 5.91 Å². The monoisotopic (exact) mass is 358 g/mol. The Hall–Kier alpha value is -1.99. The first-order chi connectivity index (χ1) is 11.7. The molecule has 0 aliphatic carbocycles. The SMILES string of the molecule is CCc1cc2c(SC(C)C(=O)NCc3ccncc3)ncnc2s1. The van der Waals surface area contributed by atoms with Gasteiger partial charge in [0.1, 0.15) is 16.2 Å². The number of rotatable bonds is 6. The summed E-state index contributed by atoms with van der Waals surface area (Å²) in [6.45, 7) is 4.53. The Morgan fingerprint density at radius 3 is 2.88 bits per heavy atom. The second-order valence-corrected chi connectivity index (χ2v) is 7.74. The van der Waals surface area contributed by atoms with E-state index in [1.165, 1.54) is 16.6 Å². The van der Waals surface area contributed by atoms with E-state index in [2.05, 4.69) is 33.3 Å². The summed E-state index contributed by atoms with van der Waals surface area (Å²) in [5.74, 6) is -0.00507. The average Bonchev–Trinajstić information content (AvgIpc) is 3.05. The summed E-state index contributed by atoms with van der Waals surface area (Å²) in [4.78, 5) is 27.3. The smallest absolute Gasteiger partial charge is 0.233 e. The van der Waals surface area contributed by atoms with Gasteiger partial charge in [0.25, 0.3) is 0 Å². The van der Waals surface area contributed by atoms with Crippen molar-refractivity contribution < 1.29 is 4.79 Å². The fraction of sp³-hybridized carbons (Fsp3) is 0.294. The van der Waals surface area contributed by atoms with Gasteiger partial charge in [-0.3, -0.25) is 9.78 Å². The van der Waals surface area contributed by atoms with E-state index >= 15 is 0 Å². The molecule has 0 saturated carbocycles. The summed E-state index contributed by atoms with van der Waals surface area (Å²) >= 11 is 3.15. The molecule has 3 heterocycles. The molecule has 24 heavy (non-hydrogen) atoms.